The van der Waals surface area contributed by atoms with Crippen molar-refractivity contribution in [3.63, 3.8) is 0 Å². The molecular formula is C13H15Cl2NO. The minimum absolute atomic E-state index is 0.00879. The Labute approximate surface area is 111 Å². The van der Waals surface area contributed by atoms with Crippen LogP contribution in [0.5, 0.6) is 0 Å². The molecule has 92 valence electrons. The largest absolute Gasteiger partial charge is 0.355 e. The molecule has 0 heterocycles. The highest BCUT2D eigenvalue weighted by molar-refractivity contribution is 6.31. The van der Waals surface area contributed by atoms with Gasteiger partial charge in [0.25, 0.3) is 0 Å². The first-order chi connectivity index (χ1) is 8.15. The summed E-state index contributed by atoms with van der Waals surface area (Å²) >= 11 is 11.8. The first-order valence-corrected chi connectivity index (χ1v) is 6.63. The van der Waals surface area contributed by atoms with Crippen molar-refractivity contribution in [2.75, 3.05) is 12.4 Å². The first kappa shape index (κ1) is 12.7. The predicted octanol–water partition coefficient (Wildman–Crippen LogP) is 3.02. The number of rotatable bonds is 5. The summed E-state index contributed by atoms with van der Waals surface area (Å²) in [4.78, 5) is 11.7. The summed E-state index contributed by atoms with van der Waals surface area (Å²) in [5.74, 6) is 0.633. The van der Waals surface area contributed by atoms with E-state index in [9.17, 15) is 4.79 Å². The Balaban J connectivity index is 1.83. The Kier molecular flexibility index (Phi) is 3.95. The number of amides is 1. The zero-order chi connectivity index (χ0) is 12.3. The lowest BCUT2D eigenvalue weighted by Gasteiger charge is -2.12. The summed E-state index contributed by atoms with van der Waals surface area (Å²) < 4.78 is 0. The van der Waals surface area contributed by atoms with Gasteiger partial charge in [0.2, 0.25) is 5.91 Å². The molecule has 0 saturated heterocycles. The molecule has 0 atom stereocenters. The Morgan fingerprint density at radius 3 is 2.65 bits per heavy atom. The molecule has 1 N–H and O–H groups in total. The molecule has 2 rings (SSSR count). The molecular weight excluding hydrogens is 257 g/mol. The van der Waals surface area contributed by atoms with Gasteiger partial charge in [-0.2, -0.15) is 0 Å². The van der Waals surface area contributed by atoms with Crippen molar-refractivity contribution in [3.8, 4) is 0 Å². The smallest absolute Gasteiger partial charge is 0.224 e. The van der Waals surface area contributed by atoms with Crippen molar-refractivity contribution in [1.82, 2.24) is 5.32 Å². The van der Waals surface area contributed by atoms with Gasteiger partial charge in [0, 0.05) is 22.9 Å². The van der Waals surface area contributed by atoms with Crippen LogP contribution in [0.1, 0.15) is 18.4 Å². The Bertz CT molecular complexity index is 416. The summed E-state index contributed by atoms with van der Waals surface area (Å²) in [6, 6.07) is 7.41. The van der Waals surface area contributed by atoms with E-state index in [4.69, 9.17) is 23.2 Å². The van der Waals surface area contributed by atoms with E-state index in [2.05, 4.69) is 5.32 Å². The molecule has 1 amide bonds. The van der Waals surface area contributed by atoms with Crippen LogP contribution >= 0.6 is 23.2 Å². The number of hydrogen-bond acceptors (Lipinski definition) is 1. The van der Waals surface area contributed by atoms with Crippen molar-refractivity contribution >= 4 is 29.1 Å². The SMILES string of the molecule is O=C(Cc1ccccc1Cl)NCC1(CCl)CC1. The van der Waals surface area contributed by atoms with Gasteiger partial charge in [-0.15, -0.1) is 11.6 Å². The van der Waals surface area contributed by atoms with Gasteiger partial charge in [0.05, 0.1) is 6.42 Å². The van der Waals surface area contributed by atoms with Crippen molar-refractivity contribution in [2.45, 2.75) is 19.3 Å². The van der Waals surface area contributed by atoms with Crippen LogP contribution in [0.2, 0.25) is 5.02 Å². The molecule has 1 saturated carbocycles. The minimum atomic E-state index is 0.00879. The molecule has 0 aliphatic heterocycles. The van der Waals surface area contributed by atoms with Crippen molar-refractivity contribution in [3.05, 3.63) is 34.9 Å². The van der Waals surface area contributed by atoms with Crippen LogP contribution in [0.4, 0.5) is 0 Å². The van der Waals surface area contributed by atoms with E-state index in [-0.39, 0.29) is 11.3 Å². The van der Waals surface area contributed by atoms with Crippen LogP contribution in [-0.4, -0.2) is 18.3 Å². The molecule has 1 aromatic rings. The second kappa shape index (κ2) is 5.28. The van der Waals surface area contributed by atoms with E-state index >= 15 is 0 Å². The van der Waals surface area contributed by atoms with Crippen LogP contribution in [0.3, 0.4) is 0 Å². The number of nitrogens with one attached hydrogen (secondary N) is 1. The quantitative estimate of drug-likeness (QED) is 0.820. The van der Waals surface area contributed by atoms with Crippen molar-refractivity contribution in [1.29, 1.82) is 0 Å². The van der Waals surface area contributed by atoms with Crippen LogP contribution in [0, 0.1) is 5.41 Å². The summed E-state index contributed by atoms with van der Waals surface area (Å²) in [5, 5.41) is 3.57. The molecule has 0 aromatic heterocycles. The summed E-state index contributed by atoms with van der Waals surface area (Å²) in [6.45, 7) is 0.680. The zero-order valence-electron chi connectivity index (χ0n) is 9.51. The molecule has 1 aliphatic rings. The van der Waals surface area contributed by atoms with Crippen molar-refractivity contribution in [2.24, 2.45) is 5.41 Å². The fraction of sp³-hybridized carbons (Fsp3) is 0.462. The standard InChI is InChI=1S/C13H15Cl2NO/c14-8-13(5-6-13)9-16-12(17)7-10-3-1-2-4-11(10)15/h1-4H,5-9H2,(H,16,17). The Morgan fingerprint density at radius 1 is 1.35 bits per heavy atom. The number of hydrogen-bond donors (Lipinski definition) is 1. The average Bonchev–Trinajstić information content (AvgIpc) is 3.10. The Hall–Kier alpha value is -0.730. The number of benzene rings is 1. The maximum atomic E-state index is 11.7. The maximum absolute atomic E-state index is 11.7. The van der Waals surface area contributed by atoms with Crippen LogP contribution < -0.4 is 5.32 Å². The van der Waals surface area contributed by atoms with Gasteiger partial charge >= 0.3 is 0 Å². The van der Waals surface area contributed by atoms with E-state index in [1.807, 2.05) is 18.2 Å². The topological polar surface area (TPSA) is 29.1 Å². The molecule has 4 heteroatoms. The van der Waals surface area contributed by atoms with Crippen LogP contribution in [0.15, 0.2) is 24.3 Å². The lowest BCUT2D eigenvalue weighted by atomic mass is 10.1. The summed E-state index contributed by atoms with van der Waals surface area (Å²) in [6.07, 6.45) is 2.56. The van der Waals surface area contributed by atoms with Crippen LogP contribution in [-0.2, 0) is 11.2 Å². The number of carbonyl (C=O) groups is 1. The van der Waals surface area contributed by atoms with E-state index in [0.29, 0.717) is 23.9 Å². The highest BCUT2D eigenvalue weighted by atomic mass is 35.5. The second-order valence-corrected chi connectivity index (χ2v) is 5.35. The normalized spacial score (nSPS) is 16.6. The Morgan fingerprint density at radius 2 is 2.06 bits per heavy atom. The van der Waals surface area contributed by atoms with Gasteiger partial charge in [-0.1, -0.05) is 29.8 Å². The molecule has 0 radical (unpaired) electrons. The molecule has 1 aliphatic carbocycles. The maximum Gasteiger partial charge on any atom is 0.224 e. The lowest BCUT2D eigenvalue weighted by molar-refractivity contribution is -0.120. The fourth-order valence-electron chi connectivity index (χ4n) is 1.70. The van der Waals surface area contributed by atoms with E-state index in [1.165, 1.54) is 0 Å². The molecule has 2 nitrogen and oxygen atoms in total. The predicted molar refractivity (Wildman–Crippen MR) is 70.6 cm³/mol. The van der Waals surface area contributed by atoms with Gasteiger partial charge in [-0.05, 0) is 24.5 Å². The van der Waals surface area contributed by atoms with Gasteiger partial charge in [-0.3, -0.25) is 4.79 Å². The van der Waals surface area contributed by atoms with Gasteiger partial charge in [0.15, 0.2) is 0 Å². The fourth-order valence-corrected chi connectivity index (χ4v) is 2.26. The molecule has 17 heavy (non-hydrogen) atoms. The second-order valence-electron chi connectivity index (χ2n) is 4.68. The van der Waals surface area contributed by atoms with E-state index in [1.54, 1.807) is 6.07 Å². The highest BCUT2D eigenvalue weighted by Crippen LogP contribution is 2.45. The van der Waals surface area contributed by atoms with E-state index in [0.717, 1.165) is 18.4 Å². The molecule has 0 unspecified atom stereocenters. The molecule has 1 aromatic carbocycles. The van der Waals surface area contributed by atoms with Gasteiger partial charge < -0.3 is 5.32 Å². The number of alkyl halides is 1. The molecule has 0 bridgehead atoms. The van der Waals surface area contributed by atoms with E-state index < -0.39 is 0 Å². The zero-order valence-corrected chi connectivity index (χ0v) is 11.0. The third-order valence-corrected chi connectivity index (χ3v) is 4.15. The number of halogens is 2. The molecule has 0 spiro atoms. The first-order valence-electron chi connectivity index (χ1n) is 5.71. The van der Waals surface area contributed by atoms with Crippen LogP contribution in [0.25, 0.3) is 0 Å². The van der Waals surface area contributed by atoms with Gasteiger partial charge in [0.1, 0.15) is 0 Å². The monoisotopic (exact) mass is 271 g/mol. The van der Waals surface area contributed by atoms with Gasteiger partial charge in [-0.25, -0.2) is 0 Å². The third kappa shape index (κ3) is 3.36. The third-order valence-electron chi connectivity index (χ3n) is 3.21. The lowest BCUT2D eigenvalue weighted by Crippen LogP contribution is -2.32. The number of carbonyl (C=O) groups excluding carboxylic acids is 1. The van der Waals surface area contributed by atoms with Crippen molar-refractivity contribution < 1.29 is 4.79 Å². The average molecular weight is 272 g/mol. The minimum Gasteiger partial charge on any atom is -0.355 e. The highest BCUT2D eigenvalue weighted by Gasteiger charge is 2.41. The summed E-state index contributed by atoms with van der Waals surface area (Å²) in [5.41, 5.74) is 1.03. The molecule has 1 fully saturated rings. The summed E-state index contributed by atoms with van der Waals surface area (Å²) in [7, 11) is 0.